The standard InChI is InChI=1S/C25H22N4OS2/c1-3-8-19(9-4-1)14-23-27-28-25(29(23)16-22-12-7-13-30-22)32-18-21-17-31-24(26-21)15-20-10-5-2-6-11-20/h1-13,17H,14-16,18H2. The molecular formula is C25H22N4OS2. The second kappa shape index (κ2) is 9.97. The largest absolute Gasteiger partial charge is 0.467 e. The lowest BCUT2D eigenvalue weighted by Crippen LogP contribution is -2.07. The van der Waals surface area contributed by atoms with Crippen molar-refractivity contribution in [3.63, 3.8) is 0 Å². The van der Waals surface area contributed by atoms with Gasteiger partial charge in [-0.15, -0.1) is 21.5 Å². The Morgan fingerprint density at radius 1 is 0.844 bits per heavy atom. The van der Waals surface area contributed by atoms with Gasteiger partial charge in [0, 0.05) is 24.0 Å². The summed E-state index contributed by atoms with van der Waals surface area (Å²) in [5, 5.41) is 13.1. The molecule has 0 amide bonds. The predicted molar refractivity (Wildman–Crippen MR) is 128 cm³/mol. The average molecular weight is 459 g/mol. The molecule has 5 rings (SSSR count). The molecule has 0 unspecified atom stereocenters. The molecule has 32 heavy (non-hydrogen) atoms. The molecule has 0 radical (unpaired) electrons. The molecule has 5 nitrogen and oxygen atoms in total. The molecule has 0 spiro atoms. The fraction of sp³-hybridized carbons (Fsp3) is 0.160. The molecule has 0 bridgehead atoms. The molecule has 0 atom stereocenters. The fourth-order valence-corrected chi connectivity index (χ4v) is 5.24. The normalized spacial score (nSPS) is 11.1. The summed E-state index contributed by atoms with van der Waals surface area (Å²) in [4.78, 5) is 4.82. The van der Waals surface area contributed by atoms with Crippen molar-refractivity contribution in [2.45, 2.75) is 30.3 Å². The molecular weight excluding hydrogens is 436 g/mol. The Hall–Kier alpha value is -3.16. The third kappa shape index (κ3) is 5.18. The average Bonchev–Trinajstić information content (AvgIpc) is 3.58. The number of hydrogen-bond donors (Lipinski definition) is 0. The zero-order chi connectivity index (χ0) is 21.6. The maximum absolute atomic E-state index is 5.59. The second-order valence-corrected chi connectivity index (χ2v) is 9.30. The van der Waals surface area contributed by atoms with Crippen molar-refractivity contribution in [1.29, 1.82) is 0 Å². The number of nitrogens with zero attached hydrogens (tertiary/aromatic N) is 4. The van der Waals surface area contributed by atoms with Crippen molar-refractivity contribution in [3.05, 3.63) is 118 Å². The highest BCUT2D eigenvalue weighted by molar-refractivity contribution is 7.98. The molecule has 0 saturated carbocycles. The Bertz CT molecular complexity index is 1250. The van der Waals surface area contributed by atoms with Crippen molar-refractivity contribution in [1.82, 2.24) is 19.7 Å². The van der Waals surface area contributed by atoms with Crippen LogP contribution < -0.4 is 0 Å². The number of aromatic nitrogens is 4. The van der Waals surface area contributed by atoms with E-state index in [1.165, 1.54) is 11.1 Å². The smallest absolute Gasteiger partial charge is 0.192 e. The SMILES string of the molecule is c1ccc(Cc2nc(CSc3nnc(Cc4ccccc4)n3Cc3ccco3)cs2)cc1. The van der Waals surface area contributed by atoms with Crippen molar-refractivity contribution >= 4 is 23.1 Å². The van der Waals surface area contributed by atoms with Gasteiger partial charge in [0.15, 0.2) is 5.16 Å². The Morgan fingerprint density at radius 3 is 2.31 bits per heavy atom. The van der Waals surface area contributed by atoms with Crippen molar-refractivity contribution in [2.24, 2.45) is 0 Å². The number of benzene rings is 2. The minimum absolute atomic E-state index is 0.612. The summed E-state index contributed by atoms with van der Waals surface area (Å²) >= 11 is 3.38. The zero-order valence-corrected chi connectivity index (χ0v) is 19.1. The lowest BCUT2D eigenvalue weighted by Gasteiger charge is -2.08. The number of rotatable bonds is 9. The van der Waals surface area contributed by atoms with Crippen LogP contribution in [0.1, 0.15) is 33.4 Å². The van der Waals surface area contributed by atoms with Crippen LogP contribution in [0, 0.1) is 0 Å². The Kier molecular flexibility index (Phi) is 6.46. The fourth-order valence-electron chi connectivity index (χ4n) is 3.46. The molecule has 0 aliphatic rings. The first-order valence-corrected chi connectivity index (χ1v) is 12.3. The molecule has 7 heteroatoms. The minimum atomic E-state index is 0.612. The van der Waals surface area contributed by atoms with E-state index in [2.05, 4.69) is 56.5 Å². The summed E-state index contributed by atoms with van der Waals surface area (Å²) in [5.41, 5.74) is 3.56. The van der Waals surface area contributed by atoms with Gasteiger partial charge in [-0.05, 0) is 23.3 Å². The lowest BCUT2D eigenvalue weighted by atomic mass is 10.1. The van der Waals surface area contributed by atoms with Crippen LogP contribution in [-0.2, 0) is 25.1 Å². The molecule has 160 valence electrons. The first-order valence-electron chi connectivity index (χ1n) is 10.4. The van der Waals surface area contributed by atoms with Gasteiger partial charge >= 0.3 is 0 Å². The van der Waals surface area contributed by atoms with Crippen molar-refractivity contribution in [3.8, 4) is 0 Å². The first-order chi connectivity index (χ1) is 15.8. The molecule has 0 aliphatic carbocycles. The molecule has 2 aromatic carbocycles. The predicted octanol–water partition coefficient (Wildman–Crippen LogP) is 5.85. The van der Waals surface area contributed by atoms with Gasteiger partial charge in [-0.25, -0.2) is 4.98 Å². The van der Waals surface area contributed by atoms with E-state index in [-0.39, 0.29) is 0 Å². The van der Waals surface area contributed by atoms with E-state index in [4.69, 9.17) is 9.40 Å². The maximum Gasteiger partial charge on any atom is 0.192 e. The number of thiazole rings is 1. The molecule has 0 fully saturated rings. The molecule has 3 aromatic heterocycles. The van der Waals surface area contributed by atoms with Crippen LogP contribution >= 0.6 is 23.1 Å². The molecule has 0 aliphatic heterocycles. The van der Waals surface area contributed by atoms with Gasteiger partial charge in [0.25, 0.3) is 0 Å². The zero-order valence-electron chi connectivity index (χ0n) is 17.4. The van der Waals surface area contributed by atoms with Crippen molar-refractivity contribution in [2.75, 3.05) is 0 Å². The van der Waals surface area contributed by atoms with Gasteiger partial charge in [-0.2, -0.15) is 0 Å². The monoisotopic (exact) mass is 458 g/mol. The van der Waals surface area contributed by atoms with Gasteiger partial charge in [-0.3, -0.25) is 4.57 Å². The van der Waals surface area contributed by atoms with E-state index in [1.54, 1.807) is 29.4 Å². The molecule has 3 heterocycles. The third-order valence-electron chi connectivity index (χ3n) is 5.04. The van der Waals surface area contributed by atoms with E-state index in [0.29, 0.717) is 6.54 Å². The summed E-state index contributed by atoms with van der Waals surface area (Å²) in [7, 11) is 0. The minimum Gasteiger partial charge on any atom is -0.467 e. The highest BCUT2D eigenvalue weighted by Crippen LogP contribution is 2.25. The lowest BCUT2D eigenvalue weighted by molar-refractivity contribution is 0.479. The summed E-state index contributed by atoms with van der Waals surface area (Å²) < 4.78 is 7.74. The molecule has 0 N–H and O–H groups in total. The number of furan rings is 1. The highest BCUT2D eigenvalue weighted by Gasteiger charge is 2.15. The van der Waals surface area contributed by atoms with E-state index in [9.17, 15) is 0 Å². The van der Waals surface area contributed by atoms with E-state index in [0.717, 1.165) is 46.0 Å². The Balaban J connectivity index is 1.31. The van der Waals surface area contributed by atoms with Crippen molar-refractivity contribution < 1.29 is 4.42 Å². The summed E-state index contributed by atoms with van der Waals surface area (Å²) in [6, 6.07) is 24.7. The van der Waals surface area contributed by atoms with Gasteiger partial charge in [0.1, 0.15) is 11.6 Å². The van der Waals surface area contributed by atoms with E-state index in [1.807, 2.05) is 36.4 Å². The maximum atomic E-state index is 5.59. The first kappa shape index (κ1) is 20.7. The van der Waals surface area contributed by atoms with E-state index >= 15 is 0 Å². The second-order valence-electron chi connectivity index (χ2n) is 7.41. The Morgan fingerprint density at radius 2 is 1.59 bits per heavy atom. The van der Waals surface area contributed by atoms with Crippen LogP contribution in [0.3, 0.4) is 0 Å². The third-order valence-corrected chi connectivity index (χ3v) is 6.94. The van der Waals surface area contributed by atoms with Crippen LogP contribution in [0.15, 0.2) is 94.0 Å². The van der Waals surface area contributed by atoms with Gasteiger partial charge in [-0.1, -0.05) is 72.4 Å². The Labute approximate surface area is 195 Å². The summed E-state index contributed by atoms with van der Waals surface area (Å²) in [5.74, 6) is 2.57. The molecule has 0 saturated heterocycles. The topological polar surface area (TPSA) is 56.7 Å². The number of thioether (sulfide) groups is 1. The van der Waals surface area contributed by atoms with Crippen LogP contribution in [0.5, 0.6) is 0 Å². The van der Waals surface area contributed by atoms with Crippen LogP contribution in [-0.4, -0.2) is 19.7 Å². The van der Waals surface area contributed by atoms with Gasteiger partial charge in [0.2, 0.25) is 0 Å². The van der Waals surface area contributed by atoms with Gasteiger partial charge in [0.05, 0.1) is 23.5 Å². The molecule has 5 aromatic rings. The summed E-state index contributed by atoms with van der Waals surface area (Å²) in [6.45, 7) is 0.612. The summed E-state index contributed by atoms with van der Waals surface area (Å²) in [6.07, 6.45) is 3.30. The van der Waals surface area contributed by atoms with Crippen LogP contribution in [0.2, 0.25) is 0 Å². The van der Waals surface area contributed by atoms with Crippen LogP contribution in [0.25, 0.3) is 0 Å². The quantitative estimate of drug-likeness (QED) is 0.259. The number of hydrogen-bond acceptors (Lipinski definition) is 6. The highest BCUT2D eigenvalue weighted by atomic mass is 32.2. The van der Waals surface area contributed by atoms with E-state index < -0.39 is 0 Å². The van der Waals surface area contributed by atoms with Crippen LogP contribution in [0.4, 0.5) is 0 Å². The van der Waals surface area contributed by atoms with Gasteiger partial charge < -0.3 is 4.42 Å².